The van der Waals surface area contributed by atoms with Crippen molar-refractivity contribution in [2.45, 2.75) is 38.1 Å². The topological polar surface area (TPSA) is 70.2 Å². The number of nitro benzene ring substituents is 1. The van der Waals surface area contributed by atoms with Crippen molar-refractivity contribution >= 4 is 11.4 Å². The van der Waals surface area contributed by atoms with E-state index in [0.717, 1.165) is 18.2 Å². The number of anilines is 1. The largest absolute Gasteiger partial charge is 0.368 e. The third kappa shape index (κ3) is 2.11. The van der Waals surface area contributed by atoms with Crippen molar-refractivity contribution < 1.29 is 4.92 Å². The van der Waals surface area contributed by atoms with Crippen molar-refractivity contribution in [2.24, 2.45) is 5.92 Å². The van der Waals surface area contributed by atoms with Crippen LogP contribution in [0.15, 0.2) is 18.2 Å². The minimum Gasteiger partial charge on any atom is -0.368 e. The van der Waals surface area contributed by atoms with Gasteiger partial charge in [-0.05, 0) is 37.3 Å². The van der Waals surface area contributed by atoms with E-state index in [4.69, 9.17) is 5.26 Å². The van der Waals surface area contributed by atoms with Gasteiger partial charge in [-0.1, -0.05) is 12.8 Å². The first-order chi connectivity index (χ1) is 9.70. The van der Waals surface area contributed by atoms with Crippen LogP contribution in [0.2, 0.25) is 0 Å². The quantitative estimate of drug-likeness (QED) is 0.611. The van der Waals surface area contributed by atoms with E-state index in [0.29, 0.717) is 6.04 Å². The summed E-state index contributed by atoms with van der Waals surface area (Å²) in [5, 5.41) is 20.0. The average molecular weight is 271 g/mol. The Hall–Kier alpha value is -2.09. The standard InChI is InChI=1S/C15H17N3O2/c16-10-12-5-6-13(9-15(12)18(19)20)17-8-7-11-3-1-2-4-14(11)17/h5-6,9,11,14H,1-4,7-8H2. The van der Waals surface area contributed by atoms with Gasteiger partial charge in [0.25, 0.3) is 5.69 Å². The predicted molar refractivity (Wildman–Crippen MR) is 75.5 cm³/mol. The van der Waals surface area contributed by atoms with Gasteiger partial charge >= 0.3 is 0 Å². The van der Waals surface area contributed by atoms with Gasteiger partial charge in [0.05, 0.1) is 4.92 Å². The molecule has 0 amide bonds. The molecule has 1 aromatic carbocycles. The van der Waals surface area contributed by atoms with Crippen LogP contribution in [0.1, 0.15) is 37.7 Å². The smallest absolute Gasteiger partial charge is 0.289 e. The molecular weight excluding hydrogens is 254 g/mol. The summed E-state index contributed by atoms with van der Waals surface area (Å²) in [6, 6.07) is 7.40. The van der Waals surface area contributed by atoms with Gasteiger partial charge in [-0.25, -0.2) is 0 Å². The summed E-state index contributed by atoms with van der Waals surface area (Å²) in [7, 11) is 0. The van der Waals surface area contributed by atoms with Crippen molar-refractivity contribution in [3.63, 3.8) is 0 Å². The summed E-state index contributed by atoms with van der Waals surface area (Å²) < 4.78 is 0. The molecule has 0 spiro atoms. The number of nitriles is 1. The molecule has 3 rings (SSSR count). The van der Waals surface area contributed by atoms with Crippen LogP contribution in [0.5, 0.6) is 0 Å². The average Bonchev–Trinajstić information content (AvgIpc) is 2.90. The molecule has 1 saturated carbocycles. The van der Waals surface area contributed by atoms with Gasteiger partial charge < -0.3 is 4.90 Å². The van der Waals surface area contributed by atoms with Gasteiger partial charge in [0.15, 0.2) is 0 Å². The second kappa shape index (κ2) is 5.12. The Bertz CT molecular complexity index is 579. The molecule has 5 heteroatoms. The molecule has 104 valence electrons. The minimum atomic E-state index is -0.462. The van der Waals surface area contributed by atoms with E-state index in [1.165, 1.54) is 32.1 Å². The number of hydrogen-bond acceptors (Lipinski definition) is 4. The first kappa shape index (κ1) is 12.9. The Morgan fingerprint density at radius 1 is 1.30 bits per heavy atom. The maximum absolute atomic E-state index is 11.1. The molecule has 1 aliphatic heterocycles. The highest BCUT2D eigenvalue weighted by Gasteiger charge is 2.36. The fraction of sp³-hybridized carbons (Fsp3) is 0.533. The summed E-state index contributed by atoms with van der Waals surface area (Å²) in [4.78, 5) is 12.9. The third-order valence-corrected chi connectivity index (χ3v) is 4.64. The van der Waals surface area contributed by atoms with Crippen molar-refractivity contribution in [2.75, 3.05) is 11.4 Å². The summed E-state index contributed by atoms with van der Waals surface area (Å²) in [6.07, 6.45) is 6.19. The third-order valence-electron chi connectivity index (χ3n) is 4.64. The van der Waals surface area contributed by atoms with Crippen LogP contribution in [0, 0.1) is 27.4 Å². The van der Waals surface area contributed by atoms with Crippen molar-refractivity contribution in [1.82, 2.24) is 0 Å². The van der Waals surface area contributed by atoms with Crippen LogP contribution in [-0.2, 0) is 0 Å². The fourth-order valence-electron chi connectivity index (χ4n) is 3.67. The predicted octanol–water partition coefficient (Wildman–Crippen LogP) is 3.24. The fourth-order valence-corrected chi connectivity index (χ4v) is 3.67. The zero-order valence-corrected chi connectivity index (χ0v) is 11.3. The van der Waals surface area contributed by atoms with Crippen LogP contribution >= 0.6 is 0 Å². The van der Waals surface area contributed by atoms with Crippen LogP contribution in [0.3, 0.4) is 0 Å². The van der Waals surface area contributed by atoms with E-state index in [9.17, 15) is 10.1 Å². The maximum Gasteiger partial charge on any atom is 0.289 e. The van der Waals surface area contributed by atoms with E-state index in [1.807, 2.05) is 12.1 Å². The zero-order chi connectivity index (χ0) is 14.1. The second-order valence-corrected chi connectivity index (χ2v) is 5.66. The number of nitrogens with zero attached hydrogens (tertiary/aromatic N) is 3. The molecule has 2 fully saturated rings. The Morgan fingerprint density at radius 2 is 2.10 bits per heavy atom. The van der Waals surface area contributed by atoms with Gasteiger partial charge in [-0.2, -0.15) is 5.26 Å². The molecule has 0 aromatic heterocycles. The van der Waals surface area contributed by atoms with Crippen LogP contribution < -0.4 is 4.90 Å². The molecule has 20 heavy (non-hydrogen) atoms. The van der Waals surface area contributed by atoms with Crippen molar-refractivity contribution in [3.8, 4) is 6.07 Å². The van der Waals surface area contributed by atoms with Gasteiger partial charge in [-0.3, -0.25) is 10.1 Å². The van der Waals surface area contributed by atoms with E-state index in [2.05, 4.69) is 4.90 Å². The molecule has 5 nitrogen and oxygen atoms in total. The Morgan fingerprint density at radius 3 is 2.85 bits per heavy atom. The first-order valence-electron chi connectivity index (χ1n) is 7.16. The van der Waals surface area contributed by atoms with E-state index >= 15 is 0 Å². The number of fused-ring (bicyclic) bond motifs is 1. The maximum atomic E-state index is 11.1. The minimum absolute atomic E-state index is 0.0794. The lowest BCUT2D eigenvalue weighted by Crippen LogP contribution is -2.34. The Kier molecular flexibility index (Phi) is 3.31. The lowest BCUT2D eigenvalue weighted by molar-refractivity contribution is -0.385. The van der Waals surface area contributed by atoms with Gasteiger partial charge in [-0.15, -0.1) is 0 Å². The van der Waals surface area contributed by atoms with Crippen molar-refractivity contribution in [3.05, 3.63) is 33.9 Å². The SMILES string of the molecule is N#Cc1ccc(N2CCC3CCCCC32)cc1[N+](=O)[O-]. The summed E-state index contributed by atoms with van der Waals surface area (Å²) >= 11 is 0. The highest BCUT2D eigenvalue weighted by atomic mass is 16.6. The first-order valence-corrected chi connectivity index (χ1v) is 7.16. The molecule has 2 unspecified atom stereocenters. The molecule has 0 N–H and O–H groups in total. The molecule has 1 saturated heterocycles. The molecule has 0 bridgehead atoms. The zero-order valence-electron chi connectivity index (χ0n) is 11.3. The summed E-state index contributed by atoms with van der Waals surface area (Å²) in [5.74, 6) is 0.735. The molecular formula is C15H17N3O2. The Labute approximate surface area is 118 Å². The monoisotopic (exact) mass is 271 g/mol. The molecule has 2 atom stereocenters. The Balaban J connectivity index is 1.93. The van der Waals surface area contributed by atoms with E-state index < -0.39 is 4.92 Å². The van der Waals surface area contributed by atoms with Gasteiger partial charge in [0.2, 0.25) is 0 Å². The highest BCUT2D eigenvalue weighted by Crippen LogP contribution is 2.39. The van der Waals surface area contributed by atoms with Crippen LogP contribution in [0.4, 0.5) is 11.4 Å². The molecule has 1 heterocycles. The summed E-state index contributed by atoms with van der Waals surface area (Å²) in [5.41, 5.74) is 0.951. The lowest BCUT2D eigenvalue weighted by Gasteiger charge is -2.33. The number of nitro groups is 1. The molecule has 1 aliphatic carbocycles. The van der Waals surface area contributed by atoms with Crippen molar-refractivity contribution in [1.29, 1.82) is 5.26 Å². The van der Waals surface area contributed by atoms with Crippen LogP contribution in [0.25, 0.3) is 0 Å². The van der Waals surface area contributed by atoms with E-state index in [-0.39, 0.29) is 11.3 Å². The van der Waals surface area contributed by atoms with Crippen LogP contribution in [-0.4, -0.2) is 17.5 Å². The summed E-state index contributed by atoms with van der Waals surface area (Å²) in [6.45, 7) is 0.971. The highest BCUT2D eigenvalue weighted by molar-refractivity contribution is 5.61. The number of benzene rings is 1. The molecule has 1 aromatic rings. The second-order valence-electron chi connectivity index (χ2n) is 5.66. The molecule has 0 radical (unpaired) electrons. The van der Waals surface area contributed by atoms with Gasteiger partial charge in [0, 0.05) is 24.3 Å². The normalized spacial score (nSPS) is 25.1. The number of rotatable bonds is 2. The molecule has 2 aliphatic rings. The van der Waals surface area contributed by atoms with Gasteiger partial charge in [0.1, 0.15) is 11.6 Å². The van der Waals surface area contributed by atoms with E-state index in [1.54, 1.807) is 12.1 Å². The lowest BCUT2D eigenvalue weighted by atomic mass is 9.85. The number of hydrogen-bond donors (Lipinski definition) is 0.